The van der Waals surface area contributed by atoms with E-state index in [0.717, 1.165) is 0 Å². The Kier molecular flexibility index (Phi) is 3.72. The molecule has 0 aromatic heterocycles. The highest BCUT2D eigenvalue weighted by Crippen LogP contribution is 1.93. The van der Waals surface area contributed by atoms with Crippen LogP contribution in [-0.2, 0) is 4.79 Å². The second kappa shape index (κ2) is 4.32. The van der Waals surface area contributed by atoms with Gasteiger partial charge in [-0.15, -0.1) is 0 Å². The topological polar surface area (TPSA) is 79.5 Å². The van der Waals surface area contributed by atoms with Gasteiger partial charge in [0, 0.05) is 14.1 Å². The Balaban J connectivity index is 4.64. The van der Waals surface area contributed by atoms with E-state index in [9.17, 15) is 4.79 Å². The lowest BCUT2D eigenvalue weighted by atomic mass is 10.4. The summed E-state index contributed by atoms with van der Waals surface area (Å²) < 4.78 is 0. The third-order valence-electron chi connectivity index (χ3n) is 1.13. The summed E-state index contributed by atoms with van der Waals surface area (Å²) in [6.07, 6.45) is 0. The van der Waals surface area contributed by atoms with Gasteiger partial charge in [0.1, 0.15) is 5.70 Å². The molecule has 0 saturated carbocycles. The maximum atomic E-state index is 10.9. The summed E-state index contributed by atoms with van der Waals surface area (Å²) in [6.45, 7) is 3.19. The molecule has 5 nitrogen and oxygen atoms in total. The van der Waals surface area contributed by atoms with Crippen molar-refractivity contribution in [3.63, 3.8) is 0 Å². The zero-order valence-corrected chi connectivity index (χ0v) is 6.64. The Labute approximate surface area is 65.4 Å². The first-order valence-corrected chi connectivity index (χ1v) is 3.03. The molecule has 62 valence electrons. The SMILES string of the molecule is C=N/C(N)=C(/NC)C(=O)NC. The van der Waals surface area contributed by atoms with Crippen molar-refractivity contribution in [2.75, 3.05) is 14.1 Å². The number of carbonyl (C=O) groups excluding carboxylic acids is 1. The maximum absolute atomic E-state index is 10.9. The van der Waals surface area contributed by atoms with Gasteiger partial charge in [-0.25, -0.2) is 4.99 Å². The molecule has 0 atom stereocenters. The van der Waals surface area contributed by atoms with Crippen molar-refractivity contribution in [2.45, 2.75) is 0 Å². The minimum Gasteiger partial charge on any atom is -0.382 e. The zero-order valence-electron chi connectivity index (χ0n) is 6.64. The van der Waals surface area contributed by atoms with Crippen molar-refractivity contribution in [3.05, 3.63) is 11.5 Å². The first-order chi connectivity index (χ1) is 5.17. The largest absolute Gasteiger partial charge is 0.382 e. The third-order valence-corrected chi connectivity index (χ3v) is 1.13. The summed E-state index contributed by atoms with van der Waals surface area (Å²) in [7, 11) is 3.10. The van der Waals surface area contributed by atoms with Crippen molar-refractivity contribution in [1.82, 2.24) is 10.6 Å². The third kappa shape index (κ3) is 2.29. The number of rotatable bonds is 3. The van der Waals surface area contributed by atoms with Crippen molar-refractivity contribution >= 4 is 12.6 Å². The molecule has 0 saturated heterocycles. The molecule has 1 amide bonds. The molecule has 0 aromatic rings. The van der Waals surface area contributed by atoms with Crippen LogP contribution in [0.25, 0.3) is 0 Å². The highest BCUT2D eigenvalue weighted by Gasteiger charge is 2.08. The molecule has 0 aromatic carbocycles. The van der Waals surface area contributed by atoms with Gasteiger partial charge in [0.2, 0.25) is 0 Å². The zero-order chi connectivity index (χ0) is 8.85. The van der Waals surface area contributed by atoms with Crippen LogP contribution in [0.4, 0.5) is 0 Å². The molecular formula is C6H12N4O. The van der Waals surface area contributed by atoms with E-state index >= 15 is 0 Å². The first-order valence-electron chi connectivity index (χ1n) is 3.03. The van der Waals surface area contributed by atoms with E-state index in [0.29, 0.717) is 0 Å². The molecule has 0 heterocycles. The summed E-state index contributed by atoms with van der Waals surface area (Å²) in [5.74, 6) is -0.218. The van der Waals surface area contributed by atoms with Crippen LogP contribution in [0.2, 0.25) is 0 Å². The van der Waals surface area contributed by atoms with Gasteiger partial charge >= 0.3 is 0 Å². The van der Waals surface area contributed by atoms with Crippen LogP contribution in [0, 0.1) is 0 Å². The van der Waals surface area contributed by atoms with Crippen LogP contribution in [0.3, 0.4) is 0 Å². The molecule has 0 bridgehead atoms. The van der Waals surface area contributed by atoms with Gasteiger partial charge in [-0.1, -0.05) is 0 Å². The number of hydrogen-bond donors (Lipinski definition) is 3. The van der Waals surface area contributed by atoms with Crippen LogP contribution >= 0.6 is 0 Å². The van der Waals surface area contributed by atoms with Crippen LogP contribution < -0.4 is 16.4 Å². The molecule has 0 unspecified atom stereocenters. The van der Waals surface area contributed by atoms with Crippen LogP contribution in [0.1, 0.15) is 0 Å². The van der Waals surface area contributed by atoms with E-state index in [-0.39, 0.29) is 17.4 Å². The van der Waals surface area contributed by atoms with Gasteiger partial charge in [0.15, 0.2) is 5.82 Å². The molecule has 0 aliphatic rings. The molecule has 0 radical (unpaired) electrons. The summed E-state index contributed by atoms with van der Waals surface area (Å²) in [4.78, 5) is 14.4. The fraction of sp³-hybridized carbons (Fsp3) is 0.333. The monoisotopic (exact) mass is 156 g/mol. The number of aliphatic imine (C=N–C) groups is 1. The van der Waals surface area contributed by atoms with Crippen LogP contribution in [-0.4, -0.2) is 26.7 Å². The van der Waals surface area contributed by atoms with Crippen LogP contribution in [0.15, 0.2) is 16.5 Å². The molecule has 0 fully saturated rings. The highest BCUT2D eigenvalue weighted by molar-refractivity contribution is 5.93. The van der Waals surface area contributed by atoms with Gasteiger partial charge in [-0.05, 0) is 6.72 Å². The second-order valence-electron chi connectivity index (χ2n) is 1.75. The van der Waals surface area contributed by atoms with E-state index in [4.69, 9.17) is 5.73 Å². The summed E-state index contributed by atoms with van der Waals surface area (Å²) in [5.41, 5.74) is 5.56. The van der Waals surface area contributed by atoms with Crippen molar-refractivity contribution in [3.8, 4) is 0 Å². The van der Waals surface area contributed by atoms with Gasteiger partial charge < -0.3 is 16.4 Å². The van der Waals surface area contributed by atoms with Gasteiger partial charge in [-0.2, -0.15) is 0 Å². The molecule has 11 heavy (non-hydrogen) atoms. The molecule has 0 rings (SSSR count). The Morgan fingerprint density at radius 2 is 2.00 bits per heavy atom. The summed E-state index contributed by atoms with van der Waals surface area (Å²) >= 11 is 0. The average Bonchev–Trinajstić information content (AvgIpc) is 2.05. The summed E-state index contributed by atoms with van der Waals surface area (Å²) in [5, 5.41) is 5.02. The number of nitrogens with zero attached hydrogens (tertiary/aromatic N) is 1. The minimum atomic E-state index is -0.308. The molecule has 4 N–H and O–H groups in total. The second-order valence-corrected chi connectivity index (χ2v) is 1.75. The van der Waals surface area contributed by atoms with Gasteiger partial charge in [0.05, 0.1) is 0 Å². The Bertz CT molecular complexity index is 197. The van der Waals surface area contributed by atoms with E-state index in [1.165, 1.54) is 7.05 Å². The number of nitrogens with two attached hydrogens (primary N) is 1. The predicted molar refractivity (Wildman–Crippen MR) is 43.9 cm³/mol. The van der Waals surface area contributed by atoms with Crippen molar-refractivity contribution < 1.29 is 4.79 Å². The number of amides is 1. The maximum Gasteiger partial charge on any atom is 0.270 e. The number of likely N-dealkylation sites (N-methyl/N-ethyl adjacent to an activating group) is 2. The quantitative estimate of drug-likeness (QED) is 0.354. The standard InChI is InChI=1S/C6H12N4O/c1-8-4(5(7)9-2)6(11)10-3/h8H,2,7H2,1,3H3,(H,10,11)/b5-4+. The van der Waals surface area contributed by atoms with Gasteiger partial charge in [0.25, 0.3) is 5.91 Å². The van der Waals surface area contributed by atoms with E-state index in [1.54, 1.807) is 7.05 Å². The lowest BCUT2D eigenvalue weighted by molar-refractivity contribution is -0.117. The highest BCUT2D eigenvalue weighted by atomic mass is 16.2. The summed E-state index contributed by atoms with van der Waals surface area (Å²) in [6, 6.07) is 0. The Morgan fingerprint density at radius 1 is 1.45 bits per heavy atom. The van der Waals surface area contributed by atoms with E-state index < -0.39 is 0 Å². The molecule has 0 aliphatic heterocycles. The molecule has 0 aliphatic carbocycles. The predicted octanol–water partition coefficient (Wildman–Crippen LogP) is -1.22. The molecular weight excluding hydrogens is 144 g/mol. The minimum absolute atomic E-state index is 0.0897. The lowest BCUT2D eigenvalue weighted by Crippen LogP contribution is -2.29. The lowest BCUT2D eigenvalue weighted by Gasteiger charge is -2.05. The normalized spacial score (nSPS) is 11.5. The van der Waals surface area contributed by atoms with E-state index in [2.05, 4.69) is 22.3 Å². The smallest absolute Gasteiger partial charge is 0.270 e. The van der Waals surface area contributed by atoms with Crippen molar-refractivity contribution in [1.29, 1.82) is 0 Å². The number of hydrogen-bond acceptors (Lipinski definition) is 4. The van der Waals surface area contributed by atoms with Crippen molar-refractivity contribution in [2.24, 2.45) is 10.7 Å². The Morgan fingerprint density at radius 3 is 2.27 bits per heavy atom. The average molecular weight is 156 g/mol. The first kappa shape index (κ1) is 9.48. The van der Waals surface area contributed by atoms with Gasteiger partial charge in [-0.3, -0.25) is 4.79 Å². The fourth-order valence-corrected chi connectivity index (χ4v) is 0.562. The molecule has 5 heteroatoms. The number of nitrogens with one attached hydrogen (secondary N) is 2. The molecule has 0 spiro atoms. The fourth-order valence-electron chi connectivity index (χ4n) is 0.562. The van der Waals surface area contributed by atoms with Crippen LogP contribution in [0.5, 0.6) is 0 Å². The van der Waals surface area contributed by atoms with E-state index in [1.807, 2.05) is 0 Å². The number of carbonyl (C=O) groups is 1. The Hall–Kier alpha value is -1.52.